The molecule has 1 spiro atoms. The number of hydrogen-bond donors (Lipinski definition) is 0. The minimum absolute atomic E-state index is 0.151. The topological polar surface area (TPSA) is 38.7 Å². The number of rotatable bonds is 3. The Morgan fingerprint density at radius 1 is 0.360 bits per heavy atom. The third kappa shape index (κ3) is 3.95. The van der Waals surface area contributed by atoms with Gasteiger partial charge in [-0.2, -0.15) is 0 Å². The van der Waals surface area contributed by atoms with Gasteiger partial charge in [0.2, 0.25) is 0 Å². The number of benzene rings is 7. The Hall–Kier alpha value is -6.19. The smallest absolute Gasteiger partial charge is 0.164 e. The Bertz CT molecular complexity index is 2590. The molecule has 0 fully saturated rings. The molecule has 0 atom stereocenters. The average Bonchev–Trinajstić information content (AvgIpc) is 3.48. The lowest BCUT2D eigenvalue weighted by Gasteiger charge is -2.46. The van der Waals surface area contributed by atoms with E-state index in [0.717, 1.165) is 22.1 Å². The van der Waals surface area contributed by atoms with E-state index in [1.807, 2.05) is 18.2 Å². The van der Waals surface area contributed by atoms with Crippen molar-refractivity contribution < 1.29 is 0 Å². The van der Waals surface area contributed by atoms with E-state index in [1.165, 1.54) is 49.9 Å². The van der Waals surface area contributed by atoms with Crippen LogP contribution in [0.15, 0.2) is 164 Å². The normalized spacial score (nSPS) is 14.5. The van der Waals surface area contributed by atoms with E-state index in [2.05, 4.69) is 159 Å². The molecule has 8 aromatic rings. The molecule has 0 amide bonds. The van der Waals surface area contributed by atoms with Crippen LogP contribution in [-0.2, 0) is 10.8 Å². The summed E-state index contributed by atoms with van der Waals surface area (Å²) in [4.78, 5) is 15.6. The van der Waals surface area contributed by atoms with E-state index >= 15 is 0 Å². The van der Waals surface area contributed by atoms with E-state index in [0.29, 0.717) is 17.5 Å². The highest BCUT2D eigenvalue weighted by molar-refractivity contribution is 5.96. The number of nitrogens with zero attached hydrogens (tertiary/aromatic N) is 3. The van der Waals surface area contributed by atoms with Gasteiger partial charge in [0.1, 0.15) is 0 Å². The van der Waals surface area contributed by atoms with Crippen LogP contribution in [0.2, 0.25) is 0 Å². The van der Waals surface area contributed by atoms with Crippen molar-refractivity contribution in [1.29, 1.82) is 0 Å². The number of fused-ring (bicyclic) bond motifs is 10. The van der Waals surface area contributed by atoms with Gasteiger partial charge < -0.3 is 0 Å². The molecule has 50 heavy (non-hydrogen) atoms. The molecule has 0 unspecified atom stereocenters. The van der Waals surface area contributed by atoms with Crippen LogP contribution in [0.5, 0.6) is 0 Å². The highest BCUT2D eigenvalue weighted by atomic mass is 15.0. The zero-order valence-corrected chi connectivity index (χ0v) is 27.9. The van der Waals surface area contributed by atoms with Crippen molar-refractivity contribution in [2.75, 3.05) is 0 Å². The maximum Gasteiger partial charge on any atom is 0.164 e. The Morgan fingerprint density at radius 2 is 0.880 bits per heavy atom. The first-order chi connectivity index (χ1) is 24.5. The molecule has 7 aromatic carbocycles. The standard InChI is InChI=1S/C47H33N3/c1-46(2)37-22-10-12-24-39(37)47(40-25-13-11-23-38(40)46)36-21-9-8-19-34(36)42-35(20-14-26-41(42)47)45-49-43(31-16-4-3-5-17-31)48-44(50-45)33-28-27-30-15-6-7-18-32(30)29-33/h3-29H,1-2H3. The summed E-state index contributed by atoms with van der Waals surface area (Å²) < 4.78 is 0. The third-order valence-electron chi connectivity index (χ3n) is 11.0. The zero-order chi connectivity index (χ0) is 33.5. The van der Waals surface area contributed by atoms with Crippen LogP contribution in [0.1, 0.15) is 47.2 Å². The Morgan fingerprint density at radius 3 is 1.60 bits per heavy atom. The van der Waals surface area contributed by atoms with E-state index in [9.17, 15) is 0 Å². The molecular weight excluding hydrogens is 607 g/mol. The van der Waals surface area contributed by atoms with Crippen molar-refractivity contribution >= 4 is 10.8 Å². The van der Waals surface area contributed by atoms with Gasteiger partial charge in [-0.05, 0) is 61.3 Å². The summed E-state index contributed by atoms with van der Waals surface area (Å²) in [6, 6.07) is 58.9. The molecule has 1 heterocycles. The van der Waals surface area contributed by atoms with Crippen LogP contribution < -0.4 is 0 Å². The van der Waals surface area contributed by atoms with Crippen LogP contribution >= 0.6 is 0 Å². The van der Waals surface area contributed by atoms with Gasteiger partial charge in [-0.1, -0.05) is 172 Å². The van der Waals surface area contributed by atoms with Gasteiger partial charge in [0.15, 0.2) is 17.5 Å². The van der Waals surface area contributed by atoms with E-state index in [4.69, 9.17) is 15.0 Å². The molecule has 2 aliphatic carbocycles. The van der Waals surface area contributed by atoms with Gasteiger partial charge in [0.05, 0.1) is 5.41 Å². The second-order valence-corrected chi connectivity index (χ2v) is 14.0. The molecule has 0 saturated heterocycles. The van der Waals surface area contributed by atoms with Crippen molar-refractivity contribution in [2.45, 2.75) is 24.7 Å². The van der Waals surface area contributed by atoms with Crippen molar-refractivity contribution in [3.63, 3.8) is 0 Å². The van der Waals surface area contributed by atoms with Gasteiger partial charge >= 0.3 is 0 Å². The second kappa shape index (κ2) is 10.7. The van der Waals surface area contributed by atoms with Gasteiger partial charge in [-0.3, -0.25) is 0 Å². The lowest BCUT2D eigenvalue weighted by Crippen LogP contribution is -2.40. The fourth-order valence-corrected chi connectivity index (χ4v) is 8.77. The molecule has 0 aliphatic heterocycles. The number of hydrogen-bond acceptors (Lipinski definition) is 3. The molecular formula is C47H33N3. The first kappa shape index (κ1) is 28.8. The van der Waals surface area contributed by atoms with Gasteiger partial charge in [0.25, 0.3) is 0 Å². The van der Waals surface area contributed by atoms with Crippen LogP contribution in [0.25, 0.3) is 56.1 Å². The fourth-order valence-electron chi connectivity index (χ4n) is 8.77. The number of aromatic nitrogens is 3. The second-order valence-electron chi connectivity index (χ2n) is 14.0. The van der Waals surface area contributed by atoms with Crippen LogP contribution in [0, 0.1) is 0 Å². The first-order valence-corrected chi connectivity index (χ1v) is 17.3. The van der Waals surface area contributed by atoms with Crippen LogP contribution in [0.4, 0.5) is 0 Å². The molecule has 0 saturated carbocycles. The Kier molecular flexibility index (Phi) is 6.13. The average molecular weight is 640 g/mol. The molecule has 0 N–H and O–H groups in total. The largest absolute Gasteiger partial charge is 0.208 e. The lowest BCUT2D eigenvalue weighted by atomic mass is 9.55. The zero-order valence-electron chi connectivity index (χ0n) is 27.9. The van der Waals surface area contributed by atoms with Crippen molar-refractivity contribution in [2.24, 2.45) is 0 Å². The maximum absolute atomic E-state index is 5.28. The summed E-state index contributed by atoms with van der Waals surface area (Å²) in [6.45, 7) is 4.72. The third-order valence-corrected chi connectivity index (χ3v) is 11.0. The van der Waals surface area contributed by atoms with E-state index in [1.54, 1.807) is 0 Å². The summed E-state index contributed by atoms with van der Waals surface area (Å²) in [6.07, 6.45) is 0. The summed E-state index contributed by atoms with van der Waals surface area (Å²) >= 11 is 0. The molecule has 3 nitrogen and oxygen atoms in total. The van der Waals surface area contributed by atoms with Gasteiger partial charge in [-0.15, -0.1) is 0 Å². The molecule has 2 aliphatic rings. The highest BCUT2D eigenvalue weighted by Crippen LogP contribution is 2.63. The maximum atomic E-state index is 5.28. The lowest BCUT2D eigenvalue weighted by molar-refractivity contribution is 0.563. The Labute approximate surface area is 292 Å². The minimum atomic E-state index is -0.485. The molecule has 236 valence electrons. The van der Waals surface area contributed by atoms with E-state index in [-0.39, 0.29) is 5.41 Å². The SMILES string of the molecule is CC1(C)c2ccccc2C2(c3ccccc3-c3c(-c4nc(-c5ccccc5)nc(-c5ccc6ccccc6c5)n4)cccc32)c2ccccc21. The summed E-state index contributed by atoms with van der Waals surface area (Å²) in [7, 11) is 0. The molecule has 10 rings (SSSR count). The van der Waals surface area contributed by atoms with Crippen molar-refractivity contribution in [3.8, 4) is 45.3 Å². The van der Waals surface area contributed by atoms with Crippen molar-refractivity contribution in [3.05, 3.63) is 197 Å². The quantitative estimate of drug-likeness (QED) is 0.193. The monoisotopic (exact) mass is 639 g/mol. The Balaban J connectivity index is 1.28. The van der Waals surface area contributed by atoms with Crippen molar-refractivity contribution in [1.82, 2.24) is 15.0 Å². The highest BCUT2D eigenvalue weighted by Gasteiger charge is 2.53. The molecule has 0 radical (unpaired) electrons. The summed E-state index contributed by atoms with van der Waals surface area (Å²) in [5.41, 5.74) is 12.6. The fraction of sp³-hybridized carbons (Fsp3) is 0.0851. The van der Waals surface area contributed by atoms with Gasteiger partial charge in [-0.25, -0.2) is 15.0 Å². The molecule has 0 bridgehead atoms. The minimum Gasteiger partial charge on any atom is -0.208 e. The predicted molar refractivity (Wildman–Crippen MR) is 203 cm³/mol. The van der Waals surface area contributed by atoms with Gasteiger partial charge in [0, 0.05) is 22.1 Å². The summed E-state index contributed by atoms with van der Waals surface area (Å²) in [5, 5.41) is 2.34. The predicted octanol–water partition coefficient (Wildman–Crippen LogP) is 11.0. The van der Waals surface area contributed by atoms with Crippen LogP contribution in [-0.4, -0.2) is 15.0 Å². The van der Waals surface area contributed by atoms with Crippen LogP contribution in [0.3, 0.4) is 0 Å². The summed E-state index contributed by atoms with van der Waals surface area (Å²) in [5.74, 6) is 1.99. The molecule has 1 aromatic heterocycles. The molecule has 3 heteroatoms. The van der Waals surface area contributed by atoms with E-state index < -0.39 is 5.41 Å². The first-order valence-electron chi connectivity index (χ1n) is 17.3.